The summed E-state index contributed by atoms with van der Waals surface area (Å²) in [6, 6.07) is 16.5. The van der Waals surface area contributed by atoms with Crippen molar-refractivity contribution in [2.75, 3.05) is 19.7 Å². The number of ether oxygens (including phenoxy) is 1. The van der Waals surface area contributed by atoms with E-state index in [1.54, 1.807) is 6.08 Å². The van der Waals surface area contributed by atoms with Crippen molar-refractivity contribution in [3.05, 3.63) is 75.4 Å². The second-order valence-corrected chi connectivity index (χ2v) is 11.3. The molecule has 2 aromatic rings. The van der Waals surface area contributed by atoms with Gasteiger partial charge in [-0.15, -0.1) is 0 Å². The highest BCUT2D eigenvalue weighted by Crippen LogP contribution is 2.32. The van der Waals surface area contributed by atoms with Gasteiger partial charge in [0.05, 0.1) is 22.6 Å². The molecule has 2 aliphatic carbocycles. The maximum absolute atomic E-state index is 13.8. The van der Waals surface area contributed by atoms with Gasteiger partial charge < -0.3 is 25.2 Å². The van der Waals surface area contributed by atoms with Crippen LogP contribution in [-0.4, -0.2) is 64.9 Å². The quantitative estimate of drug-likeness (QED) is 0.346. The molecule has 8 heteroatoms. The third kappa shape index (κ3) is 7.57. The molecule has 0 heterocycles. The zero-order valence-electron chi connectivity index (χ0n) is 21.6. The smallest absolute Gasteiger partial charge is 0.247 e. The fourth-order valence-corrected chi connectivity index (χ4v) is 5.92. The van der Waals surface area contributed by atoms with Crippen LogP contribution < -0.4 is 10.1 Å². The molecule has 4 rings (SSSR count). The normalized spacial score (nSPS) is 21.9. The van der Waals surface area contributed by atoms with Crippen LogP contribution in [0.4, 0.5) is 0 Å². The van der Waals surface area contributed by atoms with Gasteiger partial charge in [-0.05, 0) is 65.1 Å². The number of amides is 2. The lowest BCUT2D eigenvalue weighted by molar-refractivity contribution is -0.139. The van der Waals surface area contributed by atoms with E-state index in [0.29, 0.717) is 23.8 Å². The van der Waals surface area contributed by atoms with Gasteiger partial charge in [-0.3, -0.25) is 9.59 Å². The molecule has 3 atom stereocenters. The summed E-state index contributed by atoms with van der Waals surface area (Å²) in [4.78, 5) is 28.6. The van der Waals surface area contributed by atoms with Gasteiger partial charge in [-0.1, -0.05) is 61.7 Å². The molecule has 2 aromatic carbocycles. The van der Waals surface area contributed by atoms with Crippen molar-refractivity contribution in [2.24, 2.45) is 5.92 Å². The third-order valence-corrected chi connectivity index (χ3v) is 8.30. The lowest BCUT2D eigenvalue weighted by Gasteiger charge is -2.42. The third-order valence-electron chi connectivity index (χ3n) is 7.41. The molecule has 2 amide bonds. The second-order valence-electron chi connectivity index (χ2n) is 10.2. The van der Waals surface area contributed by atoms with E-state index >= 15 is 0 Å². The van der Waals surface area contributed by atoms with E-state index in [2.05, 4.69) is 27.9 Å². The largest absolute Gasteiger partial charge is 0.482 e. The molecule has 0 aliphatic heterocycles. The maximum atomic E-state index is 13.8. The van der Waals surface area contributed by atoms with Crippen molar-refractivity contribution in [3.8, 4) is 5.75 Å². The van der Waals surface area contributed by atoms with Crippen molar-refractivity contribution in [1.82, 2.24) is 10.2 Å². The number of para-hydroxylation sites is 1. The number of carbonyl (C=O) groups is 2. The Balaban J connectivity index is 1.64. The summed E-state index contributed by atoms with van der Waals surface area (Å²) in [5.41, 5.74) is 1.37. The molecule has 0 saturated heterocycles. The van der Waals surface area contributed by atoms with E-state index in [4.69, 9.17) is 4.74 Å². The van der Waals surface area contributed by atoms with E-state index in [1.165, 1.54) is 6.42 Å². The first kappa shape index (κ1) is 28.6. The van der Waals surface area contributed by atoms with Gasteiger partial charge in [0.25, 0.3) is 0 Å². The Morgan fingerprint density at radius 3 is 2.45 bits per heavy atom. The maximum Gasteiger partial charge on any atom is 0.247 e. The molecule has 0 bridgehead atoms. The van der Waals surface area contributed by atoms with Crippen molar-refractivity contribution in [3.63, 3.8) is 0 Å². The summed E-state index contributed by atoms with van der Waals surface area (Å²) in [6.07, 6.45) is 5.91. The van der Waals surface area contributed by atoms with E-state index in [9.17, 15) is 19.8 Å². The Morgan fingerprint density at radius 2 is 1.74 bits per heavy atom. The number of hydrogen-bond donors (Lipinski definition) is 3. The summed E-state index contributed by atoms with van der Waals surface area (Å²) in [5.74, 6) is 0.595. The van der Waals surface area contributed by atoms with Crippen LogP contribution in [0.15, 0.2) is 66.2 Å². The summed E-state index contributed by atoms with van der Waals surface area (Å²) in [5, 5.41) is 23.6. The van der Waals surface area contributed by atoms with Crippen LogP contribution in [0.25, 0.3) is 0 Å². The van der Waals surface area contributed by atoms with Gasteiger partial charge >= 0.3 is 0 Å². The zero-order valence-corrected chi connectivity index (χ0v) is 23.8. The molecule has 38 heavy (non-hydrogen) atoms. The molecule has 204 valence electrons. The highest BCUT2D eigenvalue weighted by atomic mass is 127. The van der Waals surface area contributed by atoms with Crippen LogP contribution in [0.5, 0.6) is 5.75 Å². The summed E-state index contributed by atoms with van der Waals surface area (Å²) < 4.78 is 7.14. The minimum Gasteiger partial charge on any atom is -0.482 e. The molecule has 3 N–H and O–H groups in total. The first-order valence-electron chi connectivity index (χ1n) is 13.5. The molecule has 0 radical (unpaired) electrons. The second kappa shape index (κ2) is 14.1. The predicted octanol–water partition coefficient (Wildman–Crippen LogP) is 3.86. The van der Waals surface area contributed by atoms with Gasteiger partial charge in [0, 0.05) is 25.1 Å². The minimum absolute atomic E-state index is 0.0594. The van der Waals surface area contributed by atoms with Crippen LogP contribution in [0.1, 0.15) is 44.1 Å². The first-order valence-corrected chi connectivity index (χ1v) is 14.6. The fourth-order valence-electron chi connectivity index (χ4n) is 5.41. The van der Waals surface area contributed by atoms with Crippen LogP contribution in [0.3, 0.4) is 0 Å². The highest BCUT2D eigenvalue weighted by molar-refractivity contribution is 14.1. The monoisotopic (exact) mass is 632 g/mol. The van der Waals surface area contributed by atoms with Gasteiger partial charge in [0.1, 0.15) is 18.0 Å². The number of benzene rings is 2. The van der Waals surface area contributed by atoms with Crippen molar-refractivity contribution in [1.29, 1.82) is 0 Å². The number of rotatable bonds is 10. The number of nitrogens with zero attached hydrogens (tertiary/aromatic N) is 1. The average molecular weight is 633 g/mol. The van der Waals surface area contributed by atoms with Gasteiger partial charge in [0.15, 0.2) is 0 Å². The van der Waals surface area contributed by atoms with E-state index < -0.39 is 18.2 Å². The standard InChI is InChI=1S/C30H37IN2O5/c31-24-13-7-8-14-26(24)38-27-19-23(30(37)32-15-16-34)18-25(29(27)36)33(20-22-11-5-2-6-12-22)28(35)17-21-9-3-1-4-10-21/h1,3-4,7-10,13-14,19,22,25,27,29,34,36H,2,5-6,11-12,15-18,20H2,(H,32,37)/t25-,27+,29+/m1/s1. The topological polar surface area (TPSA) is 99.1 Å². The molecule has 0 aromatic heterocycles. The molecule has 2 aliphatic rings. The van der Waals surface area contributed by atoms with Crippen LogP contribution >= 0.6 is 22.6 Å². The molecule has 0 spiro atoms. The van der Waals surface area contributed by atoms with Crippen molar-refractivity contribution >= 4 is 34.4 Å². The van der Waals surface area contributed by atoms with E-state index in [0.717, 1.165) is 34.8 Å². The minimum atomic E-state index is -1.01. The predicted molar refractivity (Wildman–Crippen MR) is 155 cm³/mol. The molecule has 7 nitrogen and oxygen atoms in total. The Morgan fingerprint density at radius 1 is 1.03 bits per heavy atom. The SMILES string of the molecule is O=C(NCCO)C1=C[C@H](Oc2ccccc2I)[C@@H](O)[C@H](N(CC2CCCCC2)C(=O)Cc2ccccc2)C1. The van der Waals surface area contributed by atoms with Crippen LogP contribution in [0, 0.1) is 9.49 Å². The number of aliphatic hydroxyl groups excluding tert-OH is 2. The molecule has 0 unspecified atom stereocenters. The van der Waals surface area contributed by atoms with Gasteiger partial charge in [0.2, 0.25) is 11.8 Å². The Hall–Kier alpha value is -2.43. The van der Waals surface area contributed by atoms with Gasteiger partial charge in [-0.25, -0.2) is 0 Å². The fraction of sp³-hybridized carbons (Fsp3) is 0.467. The Kier molecular flexibility index (Phi) is 10.6. The lowest BCUT2D eigenvalue weighted by atomic mass is 9.85. The Bertz CT molecular complexity index is 1100. The summed E-state index contributed by atoms with van der Waals surface area (Å²) >= 11 is 2.18. The molecule has 1 fully saturated rings. The number of nitrogens with one attached hydrogen (secondary N) is 1. The Labute approximate surface area is 238 Å². The zero-order chi connectivity index (χ0) is 26.9. The average Bonchev–Trinajstić information content (AvgIpc) is 2.94. The van der Waals surface area contributed by atoms with Crippen LogP contribution in [0.2, 0.25) is 0 Å². The number of aliphatic hydroxyl groups is 2. The lowest BCUT2D eigenvalue weighted by Crippen LogP contribution is -2.56. The highest BCUT2D eigenvalue weighted by Gasteiger charge is 2.41. The number of halogens is 1. The van der Waals surface area contributed by atoms with E-state index in [1.807, 2.05) is 59.5 Å². The first-order chi connectivity index (χ1) is 18.5. The van der Waals surface area contributed by atoms with Gasteiger partial charge in [-0.2, -0.15) is 0 Å². The molecular weight excluding hydrogens is 595 g/mol. The number of carbonyl (C=O) groups excluding carboxylic acids is 2. The summed E-state index contributed by atoms with van der Waals surface area (Å²) in [7, 11) is 0. The molecule has 1 saturated carbocycles. The van der Waals surface area contributed by atoms with E-state index in [-0.39, 0.29) is 37.8 Å². The molecular formula is C30H37IN2O5. The summed E-state index contributed by atoms with van der Waals surface area (Å²) in [6.45, 7) is 0.509. The number of hydrogen-bond acceptors (Lipinski definition) is 5. The van der Waals surface area contributed by atoms with Crippen molar-refractivity contribution in [2.45, 2.75) is 63.2 Å². The van der Waals surface area contributed by atoms with Crippen molar-refractivity contribution < 1.29 is 24.5 Å². The van der Waals surface area contributed by atoms with Crippen LogP contribution in [-0.2, 0) is 16.0 Å².